The summed E-state index contributed by atoms with van der Waals surface area (Å²) in [6.07, 6.45) is 0. The topological polar surface area (TPSA) is 64.7 Å². The number of benzene rings is 2. The van der Waals surface area contributed by atoms with Crippen molar-refractivity contribution in [2.45, 2.75) is 6.61 Å². The molecule has 1 aromatic heterocycles. The molecule has 0 saturated carbocycles. The smallest absolute Gasteiger partial charge is 0.174 e. The maximum absolute atomic E-state index is 9.86. The second-order valence-corrected chi connectivity index (χ2v) is 5.45. The lowest BCUT2D eigenvalue weighted by Crippen LogP contribution is -1.94. The van der Waals surface area contributed by atoms with Crippen LogP contribution in [0.25, 0.3) is 22.6 Å². The molecule has 24 heavy (non-hydrogen) atoms. The van der Waals surface area contributed by atoms with Gasteiger partial charge in [-0.1, -0.05) is 28.9 Å². The Hall–Kier alpha value is -2.50. The van der Waals surface area contributed by atoms with Crippen LogP contribution in [0.4, 0.5) is 0 Å². The fourth-order valence-electron chi connectivity index (χ4n) is 2.52. The molecular formula is C18H16ClNO4. The predicted molar refractivity (Wildman–Crippen MR) is 91.4 cm³/mol. The van der Waals surface area contributed by atoms with Crippen LogP contribution in [0.5, 0.6) is 11.5 Å². The van der Waals surface area contributed by atoms with Crippen LogP contribution in [0.2, 0.25) is 5.02 Å². The zero-order valence-electron chi connectivity index (χ0n) is 13.2. The third kappa shape index (κ3) is 2.84. The van der Waals surface area contributed by atoms with Crippen molar-refractivity contribution in [1.29, 1.82) is 0 Å². The number of aliphatic hydroxyl groups excluding tert-OH is 1. The minimum Gasteiger partial charge on any atom is -0.497 e. The SMILES string of the molecule is COc1ccc(-c2noc(-c3ccccc3Cl)c2CO)c(OC)c1. The summed E-state index contributed by atoms with van der Waals surface area (Å²) >= 11 is 6.23. The van der Waals surface area contributed by atoms with Crippen molar-refractivity contribution in [3.63, 3.8) is 0 Å². The van der Waals surface area contributed by atoms with Gasteiger partial charge in [0.2, 0.25) is 0 Å². The molecule has 1 N–H and O–H groups in total. The maximum Gasteiger partial charge on any atom is 0.174 e. The van der Waals surface area contributed by atoms with Gasteiger partial charge in [-0.05, 0) is 24.3 Å². The summed E-state index contributed by atoms with van der Waals surface area (Å²) < 4.78 is 16.1. The van der Waals surface area contributed by atoms with E-state index in [2.05, 4.69) is 5.16 Å². The van der Waals surface area contributed by atoms with Crippen molar-refractivity contribution in [2.75, 3.05) is 14.2 Å². The highest BCUT2D eigenvalue weighted by Gasteiger charge is 2.22. The summed E-state index contributed by atoms with van der Waals surface area (Å²) in [5.74, 6) is 1.68. The van der Waals surface area contributed by atoms with Crippen molar-refractivity contribution in [3.8, 4) is 34.1 Å². The van der Waals surface area contributed by atoms with Crippen LogP contribution < -0.4 is 9.47 Å². The highest BCUT2D eigenvalue weighted by atomic mass is 35.5. The number of aromatic nitrogens is 1. The molecule has 2 aromatic carbocycles. The normalized spacial score (nSPS) is 10.7. The third-order valence-corrected chi connectivity index (χ3v) is 4.06. The van der Waals surface area contributed by atoms with Gasteiger partial charge in [-0.15, -0.1) is 0 Å². The fraction of sp³-hybridized carbons (Fsp3) is 0.167. The molecule has 0 aliphatic carbocycles. The number of rotatable bonds is 5. The summed E-state index contributed by atoms with van der Waals surface area (Å²) in [4.78, 5) is 0. The minimum absolute atomic E-state index is 0.241. The van der Waals surface area contributed by atoms with E-state index < -0.39 is 0 Å². The predicted octanol–water partition coefficient (Wildman–Crippen LogP) is 4.17. The zero-order valence-corrected chi connectivity index (χ0v) is 14.0. The molecule has 3 rings (SSSR count). The molecule has 0 fully saturated rings. The Kier molecular flexibility index (Phi) is 4.74. The Balaban J connectivity index is 2.16. The first-order chi connectivity index (χ1) is 11.7. The first-order valence-electron chi connectivity index (χ1n) is 7.26. The van der Waals surface area contributed by atoms with E-state index in [4.69, 9.17) is 25.6 Å². The molecule has 3 aromatic rings. The Morgan fingerprint density at radius 1 is 1.08 bits per heavy atom. The molecule has 0 atom stereocenters. The number of ether oxygens (including phenoxy) is 2. The number of hydrogen-bond donors (Lipinski definition) is 1. The molecule has 0 spiro atoms. The van der Waals surface area contributed by atoms with Crippen molar-refractivity contribution < 1.29 is 19.1 Å². The lowest BCUT2D eigenvalue weighted by molar-refractivity contribution is 0.281. The molecular weight excluding hydrogens is 330 g/mol. The molecule has 0 unspecified atom stereocenters. The van der Waals surface area contributed by atoms with Crippen molar-refractivity contribution in [3.05, 3.63) is 53.1 Å². The van der Waals surface area contributed by atoms with Gasteiger partial charge in [0.1, 0.15) is 17.2 Å². The Labute approximate surface area is 144 Å². The van der Waals surface area contributed by atoms with Gasteiger partial charge in [0.05, 0.1) is 31.4 Å². The summed E-state index contributed by atoms with van der Waals surface area (Å²) in [6.45, 7) is -0.241. The van der Waals surface area contributed by atoms with E-state index in [9.17, 15) is 5.11 Å². The highest BCUT2D eigenvalue weighted by molar-refractivity contribution is 6.33. The molecule has 0 saturated heterocycles. The first kappa shape index (κ1) is 16.4. The fourth-order valence-corrected chi connectivity index (χ4v) is 2.74. The van der Waals surface area contributed by atoms with Crippen molar-refractivity contribution in [2.24, 2.45) is 0 Å². The van der Waals surface area contributed by atoms with Gasteiger partial charge >= 0.3 is 0 Å². The van der Waals surface area contributed by atoms with Crippen LogP contribution in [0, 0.1) is 0 Å². The Morgan fingerprint density at radius 2 is 1.88 bits per heavy atom. The zero-order chi connectivity index (χ0) is 17.1. The Morgan fingerprint density at radius 3 is 2.54 bits per heavy atom. The first-order valence-corrected chi connectivity index (χ1v) is 7.64. The molecule has 0 amide bonds. The molecule has 0 aliphatic heterocycles. The average molecular weight is 346 g/mol. The molecule has 124 valence electrons. The average Bonchev–Trinajstić information content (AvgIpc) is 3.05. The molecule has 6 heteroatoms. The molecule has 0 radical (unpaired) electrons. The van der Waals surface area contributed by atoms with Gasteiger partial charge in [0.25, 0.3) is 0 Å². The van der Waals surface area contributed by atoms with E-state index in [0.29, 0.717) is 44.7 Å². The number of halogens is 1. The quantitative estimate of drug-likeness (QED) is 0.751. The van der Waals surface area contributed by atoms with E-state index in [1.165, 1.54) is 0 Å². The summed E-state index contributed by atoms with van der Waals surface area (Å²) in [7, 11) is 3.14. The largest absolute Gasteiger partial charge is 0.497 e. The molecule has 0 bridgehead atoms. The van der Waals surface area contributed by atoms with Crippen LogP contribution in [-0.2, 0) is 6.61 Å². The van der Waals surface area contributed by atoms with Gasteiger partial charge in [-0.25, -0.2) is 0 Å². The van der Waals surface area contributed by atoms with Crippen molar-refractivity contribution >= 4 is 11.6 Å². The Bertz CT molecular complexity index is 860. The van der Waals surface area contributed by atoms with Crippen LogP contribution in [-0.4, -0.2) is 24.5 Å². The number of aliphatic hydroxyl groups is 1. The second kappa shape index (κ2) is 6.95. The van der Waals surface area contributed by atoms with Gasteiger partial charge in [-0.3, -0.25) is 0 Å². The van der Waals surface area contributed by atoms with Crippen LogP contribution in [0.15, 0.2) is 47.0 Å². The highest BCUT2D eigenvalue weighted by Crippen LogP contribution is 2.39. The van der Waals surface area contributed by atoms with Gasteiger partial charge in [0.15, 0.2) is 5.76 Å². The number of hydrogen-bond acceptors (Lipinski definition) is 5. The molecule has 5 nitrogen and oxygen atoms in total. The summed E-state index contributed by atoms with van der Waals surface area (Å²) in [6, 6.07) is 12.6. The summed E-state index contributed by atoms with van der Waals surface area (Å²) in [5, 5.41) is 14.5. The lowest BCUT2D eigenvalue weighted by atomic mass is 10.0. The monoisotopic (exact) mass is 345 g/mol. The number of methoxy groups -OCH3 is 2. The second-order valence-electron chi connectivity index (χ2n) is 5.04. The summed E-state index contributed by atoms with van der Waals surface area (Å²) in [5.41, 5.74) is 2.43. The standard InChI is InChI=1S/C18H16ClNO4/c1-22-11-7-8-13(16(9-11)23-2)17-14(10-21)18(24-20-17)12-5-3-4-6-15(12)19/h3-9,21H,10H2,1-2H3. The van der Waals surface area contributed by atoms with E-state index in [-0.39, 0.29) is 6.61 Å². The minimum atomic E-state index is -0.241. The van der Waals surface area contributed by atoms with Crippen molar-refractivity contribution in [1.82, 2.24) is 5.16 Å². The maximum atomic E-state index is 9.86. The number of nitrogens with zero attached hydrogens (tertiary/aromatic N) is 1. The van der Waals surface area contributed by atoms with Crippen LogP contribution in [0.3, 0.4) is 0 Å². The van der Waals surface area contributed by atoms with E-state index >= 15 is 0 Å². The van der Waals surface area contributed by atoms with Crippen LogP contribution in [0.1, 0.15) is 5.56 Å². The lowest BCUT2D eigenvalue weighted by Gasteiger charge is -2.09. The van der Waals surface area contributed by atoms with Gasteiger partial charge < -0.3 is 19.1 Å². The molecule has 1 heterocycles. The van der Waals surface area contributed by atoms with E-state index in [0.717, 1.165) is 0 Å². The molecule has 0 aliphatic rings. The van der Waals surface area contributed by atoms with Crippen LogP contribution >= 0.6 is 11.6 Å². The third-order valence-electron chi connectivity index (χ3n) is 3.73. The van der Waals surface area contributed by atoms with Gasteiger partial charge in [0, 0.05) is 17.2 Å². The van der Waals surface area contributed by atoms with E-state index in [1.807, 2.05) is 24.3 Å². The van der Waals surface area contributed by atoms with Gasteiger partial charge in [-0.2, -0.15) is 0 Å². The van der Waals surface area contributed by atoms with E-state index in [1.54, 1.807) is 32.4 Å².